The van der Waals surface area contributed by atoms with Crippen molar-refractivity contribution in [1.82, 2.24) is 0 Å². The van der Waals surface area contributed by atoms with Crippen LogP contribution in [0.3, 0.4) is 0 Å². The summed E-state index contributed by atoms with van der Waals surface area (Å²) in [5, 5.41) is 62.9. The Labute approximate surface area is 267 Å². The summed E-state index contributed by atoms with van der Waals surface area (Å²) in [6.07, 6.45) is -19.9. The molecule has 0 spiro atoms. The Bertz CT molecular complexity index is 1010. The van der Waals surface area contributed by atoms with Crippen molar-refractivity contribution in [3.05, 3.63) is 24.3 Å². The van der Waals surface area contributed by atoms with Crippen LogP contribution in [0.2, 0.25) is 0 Å². The Morgan fingerprint density at radius 2 is 1.51 bits per heavy atom. The van der Waals surface area contributed by atoms with Crippen molar-refractivity contribution in [3.8, 4) is 11.5 Å². The molecule has 10 atom stereocenters. The van der Waals surface area contributed by atoms with Crippen LogP contribution < -0.4 is 73.7 Å². The van der Waals surface area contributed by atoms with Crippen LogP contribution in [0.15, 0.2) is 24.3 Å². The SMILES string of the molecule is CCOc1ccc(OC2OC(CO)C(O)C(OC3OC(C(=O)[O-])C(OS(=O)(=O)[O-])C(O)C3O)C2O)cc1.[Na+].[Na+]. The molecule has 1 aromatic rings. The van der Waals surface area contributed by atoms with Gasteiger partial charge in [0.05, 0.1) is 19.2 Å². The molecule has 0 aliphatic carbocycles. The van der Waals surface area contributed by atoms with Crippen LogP contribution in [0.25, 0.3) is 0 Å². The van der Waals surface area contributed by atoms with E-state index in [4.69, 9.17) is 23.7 Å². The van der Waals surface area contributed by atoms with Gasteiger partial charge in [0.15, 0.2) is 6.29 Å². The average molecular weight is 600 g/mol. The third-order valence-corrected chi connectivity index (χ3v) is 5.96. The van der Waals surface area contributed by atoms with Gasteiger partial charge in [-0.15, -0.1) is 0 Å². The molecule has 0 amide bonds. The number of aliphatic hydroxyl groups excluding tert-OH is 5. The number of aliphatic hydroxyl groups is 5. The fraction of sp³-hybridized carbons (Fsp3) is 0.650. The van der Waals surface area contributed by atoms with Gasteiger partial charge in [-0.3, -0.25) is 4.18 Å². The molecule has 16 nitrogen and oxygen atoms in total. The first kappa shape index (κ1) is 36.9. The van der Waals surface area contributed by atoms with E-state index in [1.54, 1.807) is 19.1 Å². The molecule has 39 heavy (non-hydrogen) atoms. The van der Waals surface area contributed by atoms with E-state index in [0.29, 0.717) is 12.4 Å². The van der Waals surface area contributed by atoms with Crippen molar-refractivity contribution in [2.24, 2.45) is 0 Å². The second-order valence-electron chi connectivity index (χ2n) is 8.02. The van der Waals surface area contributed by atoms with E-state index in [2.05, 4.69) is 4.18 Å². The second kappa shape index (κ2) is 15.9. The van der Waals surface area contributed by atoms with Crippen molar-refractivity contribution in [1.29, 1.82) is 0 Å². The van der Waals surface area contributed by atoms with Crippen LogP contribution >= 0.6 is 0 Å². The molecule has 19 heteroatoms. The number of hydrogen-bond acceptors (Lipinski definition) is 16. The fourth-order valence-electron chi connectivity index (χ4n) is 3.76. The predicted octanol–water partition coefficient (Wildman–Crippen LogP) is -10.7. The Morgan fingerprint density at radius 1 is 0.923 bits per heavy atom. The van der Waals surface area contributed by atoms with Gasteiger partial charge >= 0.3 is 59.1 Å². The summed E-state index contributed by atoms with van der Waals surface area (Å²) in [6.45, 7) is 1.42. The molecule has 210 valence electrons. The molecule has 2 heterocycles. The zero-order chi connectivity index (χ0) is 27.5. The van der Waals surface area contributed by atoms with Crippen LogP contribution in [0.1, 0.15) is 6.92 Å². The number of carbonyl (C=O) groups excluding carboxylic acids is 1. The first-order valence-corrected chi connectivity index (χ1v) is 12.2. The Morgan fingerprint density at radius 3 is 2.03 bits per heavy atom. The largest absolute Gasteiger partial charge is 1.00 e. The predicted molar refractivity (Wildman–Crippen MR) is 111 cm³/mol. The van der Waals surface area contributed by atoms with Crippen LogP contribution in [0.4, 0.5) is 0 Å². The van der Waals surface area contributed by atoms with E-state index >= 15 is 0 Å². The van der Waals surface area contributed by atoms with E-state index in [1.165, 1.54) is 12.1 Å². The molecule has 0 saturated carbocycles. The number of benzene rings is 1. The zero-order valence-electron chi connectivity index (χ0n) is 21.1. The quantitative estimate of drug-likeness (QED) is 0.0949. The summed E-state index contributed by atoms with van der Waals surface area (Å²) in [5.74, 6) is -1.42. The summed E-state index contributed by atoms with van der Waals surface area (Å²) in [7, 11) is -5.54. The van der Waals surface area contributed by atoms with Gasteiger partial charge in [-0.2, -0.15) is 0 Å². The first-order chi connectivity index (χ1) is 17.4. The number of carboxylic acids is 1. The fourth-order valence-corrected chi connectivity index (χ4v) is 4.25. The molecule has 10 unspecified atom stereocenters. The van der Waals surface area contributed by atoms with E-state index in [0.717, 1.165) is 0 Å². The number of aliphatic carboxylic acids is 1. The molecular formula is C20H26Na2O16S. The Kier molecular flexibility index (Phi) is 15.0. The molecule has 0 bridgehead atoms. The topological polar surface area (TPSA) is 254 Å². The molecular weight excluding hydrogens is 574 g/mol. The van der Waals surface area contributed by atoms with Crippen molar-refractivity contribution >= 4 is 16.4 Å². The smallest absolute Gasteiger partial charge is 0.726 e. The van der Waals surface area contributed by atoms with E-state index in [1.807, 2.05) is 0 Å². The van der Waals surface area contributed by atoms with E-state index in [9.17, 15) is 48.4 Å². The molecule has 0 aromatic heterocycles. The van der Waals surface area contributed by atoms with Gasteiger partial charge in [-0.05, 0) is 31.2 Å². The van der Waals surface area contributed by atoms with Crippen LogP contribution in [0.5, 0.6) is 11.5 Å². The third-order valence-electron chi connectivity index (χ3n) is 5.51. The maximum atomic E-state index is 11.4. The van der Waals surface area contributed by atoms with Gasteiger partial charge in [0.25, 0.3) is 0 Å². The molecule has 2 aliphatic rings. The van der Waals surface area contributed by atoms with Crippen molar-refractivity contribution in [3.63, 3.8) is 0 Å². The third kappa shape index (κ3) is 9.42. The molecule has 1 aromatic carbocycles. The minimum absolute atomic E-state index is 0. The Hall–Kier alpha value is -0.160. The first-order valence-electron chi connectivity index (χ1n) is 10.9. The molecule has 2 fully saturated rings. The van der Waals surface area contributed by atoms with Crippen LogP contribution in [-0.4, -0.2) is 119 Å². The standard InChI is InChI=1S/C20H28O16S.2Na/c1-2-31-8-3-5-9(6-4-8)32-20-14(25)15(11(22)10(7-21)33-20)34-19-13(24)12(23)16(36-37(28,29)30)17(35-19)18(26)27;;/h3-6,10-17,19-25H,2,7H2,1H3,(H,26,27)(H,28,29,30);;/q;2*+1/p-2. The number of ether oxygens (including phenoxy) is 5. The maximum absolute atomic E-state index is 11.4. The number of carbonyl (C=O) groups is 1. The summed E-state index contributed by atoms with van der Waals surface area (Å²) in [4.78, 5) is 11.4. The molecule has 2 aliphatic heterocycles. The summed E-state index contributed by atoms with van der Waals surface area (Å²) >= 11 is 0. The normalized spacial score (nSPS) is 34.7. The van der Waals surface area contributed by atoms with Gasteiger partial charge < -0.3 is 63.7 Å². The maximum Gasteiger partial charge on any atom is 1.00 e. The molecule has 0 radical (unpaired) electrons. The van der Waals surface area contributed by atoms with Gasteiger partial charge in [0.1, 0.15) is 60.3 Å². The van der Waals surface area contributed by atoms with Crippen LogP contribution in [0, 0.1) is 0 Å². The number of hydrogen-bond donors (Lipinski definition) is 5. The van der Waals surface area contributed by atoms with Crippen molar-refractivity contribution in [2.75, 3.05) is 13.2 Å². The van der Waals surface area contributed by atoms with E-state index in [-0.39, 0.29) is 64.9 Å². The van der Waals surface area contributed by atoms with E-state index < -0.39 is 84.4 Å². The second-order valence-corrected chi connectivity index (χ2v) is 9.03. The van der Waals surface area contributed by atoms with Gasteiger partial charge in [0.2, 0.25) is 16.7 Å². The van der Waals surface area contributed by atoms with Gasteiger partial charge in [0, 0.05) is 0 Å². The number of rotatable bonds is 10. The molecule has 2 saturated heterocycles. The van der Waals surface area contributed by atoms with Crippen molar-refractivity contribution < 1.29 is 135 Å². The van der Waals surface area contributed by atoms with Crippen molar-refractivity contribution in [2.45, 2.75) is 68.3 Å². The van der Waals surface area contributed by atoms with Gasteiger partial charge in [-0.25, -0.2) is 8.42 Å². The summed E-state index contributed by atoms with van der Waals surface area (Å²) in [5.41, 5.74) is 0. The average Bonchev–Trinajstić information content (AvgIpc) is 2.83. The summed E-state index contributed by atoms with van der Waals surface area (Å²) < 4.78 is 63.3. The van der Waals surface area contributed by atoms with Gasteiger partial charge in [-0.1, -0.05) is 0 Å². The monoisotopic (exact) mass is 600 g/mol. The minimum atomic E-state index is -5.54. The molecule has 3 rings (SSSR count). The molecule has 5 N–H and O–H groups in total. The summed E-state index contributed by atoms with van der Waals surface area (Å²) in [6, 6.07) is 6.09. The zero-order valence-corrected chi connectivity index (χ0v) is 25.9. The Balaban J connectivity index is 0.00000380. The minimum Gasteiger partial charge on any atom is -0.726 e. The van der Waals surface area contributed by atoms with Crippen LogP contribution in [-0.2, 0) is 33.6 Å². The number of carboxylic acid groups (broad SMARTS) is 1.